The summed E-state index contributed by atoms with van der Waals surface area (Å²) in [5.41, 5.74) is 4.42. The van der Waals surface area contributed by atoms with Crippen molar-refractivity contribution in [2.45, 2.75) is 58.4 Å². The Balaban J connectivity index is 1.32. The Morgan fingerprint density at radius 2 is 2.23 bits per heavy atom. The standard InChI is InChI=1S/C19H25N5O2/c1-12-15(13(2)26-23-12)6-7-18(25)22-14-8-9-24(10-14)19-16-4-3-5-17(16)20-11-21-19/h11,14H,3-10H2,1-2H3,(H,22,25)/t14-/m1/s1. The van der Waals surface area contributed by atoms with Crippen LogP contribution in [0.1, 0.15) is 47.5 Å². The number of anilines is 1. The van der Waals surface area contributed by atoms with Crippen LogP contribution in [0.25, 0.3) is 0 Å². The van der Waals surface area contributed by atoms with Gasteiger partial charge in [-0.05, 0) is 46.0 Å². The fourth-order valence-corrected chi connectivity index (χ4v) is 4.08. The molecule has 3 heterocycles. The summed E-state index contributed by atoms with van der Waals surface area (Å²) in [6.07, 6.45) is 7.05. The smallest absolute Gasteiger partial charge is 0.220 e. The Hall–Kier alpha value is -2.44. The van der Waals surface area contributed by atoms with Gasteiger partial charge in [-0.3, -0.25) is 4.79 Å². The first kappa shape index (κ1) is 17.0. The molecule has 1 saturated heterocycles. The number of aryl methyl sites for hydroxylation is 3. The number of carbonyl (C=O) groups is 1. The van der Waals surface area contributed by atoms with Crippen LogP contribution >= 0.6 is 0 Å². The van der Waals surface area contributed by atoms with Crippen LogP contribution in [0.2, 0.25) is 0 Å². The molecule has 1 aliphatic carbocycles. The molecule has 0 unspecified atom stereocenters. The highest BCUT2D eigenvalue weighted by molar-refractivity contribution is 5.76. The number of carbonyl (C=O) groups excluding carboxylic acids is 1. The highest BCUT2D eigenvalue weighted by Gasteiger charge is 2.28. The normalized spacial score (nSPS) is 19.0. The SMILES string of the molecule is Cc1noc(C)c1CCC(=O)N[C@@H]1CCN(c2ncnc3c2CCC3)C1. The van der Waals surface area contributed by atoms with Gasteiger partial charge in [-0.25, -0.2) is 9.97 Å². The number of fused-ring (bicyclic) bond motifs is 1. The van der Waals surface area contributed by atoms with Gasteiger partial charge in [-0.2, -0.15) is 0 Å². The van der Waals surface area contributed by atoms with E-state index < -0.39 is 0 Å². The van der Waals surface area contributed by atoms with Crippen molar-refractivity contribution in [3.63, 3.8) is 0 Å². The topological polar surface area (TPSA) is 84.2 Å². The van der Waals surface area contributed by atoms with E-state index in [9.17, 15) is 4.79 Å². The molecule has 0 aromatic carbocycles. The van der Waals surface area contributed by atoms with Crippen LogP contribution in [0.15, 0.2) is 10.9 Å². The molecule has 0 saturated carbocycles. The third-order valence-electron chi connectivity index (χ3n) is 5.49. The minimum Gasteiger partial charge on any atom is -0.361 e. The zero-order valence-electron chi connectivity index (χ0n) is 15.4. The van der Waals surface area contributed by atoms with E-state index in [1.165, 1.54) is 11.3 Å². The second kappa shape index (κ2) is 7.05. The fraction of sp³-hybridized carbons (Fsp3) is 0.579. The molecule has 2 aromatic heterocycles. The van der Waals surface area contributed by atoms with E-state index in [4.69, 9.17) is 4.52 Å². The van der Waals surface area contributed by atoms with E-state index in [1.807, 2.05) is 13.8 Å². The number of nitrogens with zero attached hydrogens (tertiary/aromatic N) is 4. The highest BCUT2D eigenvalue weighted by Crippen LogP contribution is 2.29. The lowest BCUT2D eigenvalue weighted by molar-refractivity contribution is -0.121. The molecule has 1 atom stereocenters. The van der Waals surface area contributed by atoms with Crippen LogP contribution < -0.4 is 10.2 Å². The molecule has 1 amide bonds. The summed E-state index contributed by atoms with van der Waals surface area (Å²) in [5.74, 6) is 1.96. The third-order valence-corrected chi connectivity index (χ3v) is 5.49. The molecular formula is C19H25N5O2. The van der Waals surface area contributed by atoms with Gasteiger partial charge in [0.2, 0.25) is 5.91 Å². The maximum Gasteiger partial charge on any atom is 0.220 e. The van der Waals surface area contributed by atoms with E-state index in [0.29, 0.717) is 12.8 Å². The van der Waals surface area contributed by atoms with E-state index in [2.05, 4.69) is 25.3 Å². The molecule has 0 radical (unpaired) electrons. The fourth-order valence-electron chi connectivity index (χ4n) is 4.08. The van der Waals surface area contributed by atoms with Crippen molar-refractivity contribution < 1.29 is 9.32 Å². The lowest BCUT2D eigenvalue weighted by atomic mass is 10.1. The molecule has 26 heavy (non-hydrogen) atoms. The van der Waals surface area contributed by atoms with E-state index in [0.717, 1.165) is 61.6 Å². The Morgan fingerprint density at radius 1 is 1.35 bits per heavy atom. The molecule has 7 nitrogen and oxygen atoms in total. The van der Waals surface area contributed by atoms with Gasteiger partial charge >= 0.3 is 0 Å². The van der Waals surface area contributed by atoms with E-state index >= 15 is 0 Å². The molecule has 1 aliphatic heterocycles. The molecule has 0 spiro atoms. The molecule has 2 aromatic rings. The quantitative estimate of drug-likeness (QED) is 0.882. The molecule has 1 N–H and O–H groups in total. The summed E-state index contributed by atoms with van der Waals surface area (Å²) in [4.78, 5) is 23.6. The zero-order valence-corrected chi connectivity index (χ0v) is 15.4. The summed E-state index contributed by atoms with van der Waals surface area (Å²) in [6.45, 7) is 5.56. The van der Waals surface area contributed by atoms with Gasteiger partial charge in [0.15, 0.2) is 0 Å². The Labute approximate surface area is 153 Å². The number of hydrogen-bond acceptors (Lipinski definition) is 6. The Kier molecular flexibility index (Phi) is 4.61. The van der Waals surface area contributed by atoms with Crippen LogP contribution in [0.4, 0.5) is 5.82 Å². The number of aromatic nitrogens is 3. The van der Waals surface area contributed by atoms with Crippen molar-refractivity contribution in [3.8, 4) is 0 Å². The maximum absolute atomic E-state index is 12.3. The summed E-state index contributed by atoms with van der Waals surface area (Å²) in [6, 6.07) is 0.180. The monoisotopic (exact) mass is 355 g/mol. The zero-order chi connectivity index (χ0) is 18.1. The van der Waals surface area contributed by atoms with Gasteiger partial charge in [-0.1, -0.05) is 5.16 Å². The summed E-state index contributed by atoms with van der Waals surface area (Å²) in [5, 5.41) is 7.12. The highest BCUT2D eigenvalue weighted by atomic mass is 16.5. The van der Waals surface area contributed by atoms with Crippen LogP contribution in [0.5, 0.6) is 0 Å². The van der Waals surface area contributed by atoms with Crippen LogP contribution in [-0.4, -0.2) is 40.2 Å². The molecule has 4 rings (SSSR count). The molecule has 2 aliphatic rings. The molecule has 1 fully saturated rings. The van der Waals surface area contributed by atoms with Crippen LogP contribution in [0, 0.1) is 13.8 Å². The van der Waals surface area contributed by atoms with Gasteiger partial charge in [0.05, 0.1) is 5.69 Å². The van der Waals surface area contributed by atoms with Crippen LogP contribution in [-0.2, 0) is 24.1 Å². The number of amides is 1. The number of hydrogen-bond donors (Lipinski definition) is 1. The van der Waals surface area contributed by atoms with Gasteiger partial charge in [0, 0.05) is 42.4 Å². The molecule has 7 heteroatoms. The largest absolute Gasteiger partial charge is 0.361 e. The first-order valence-corrected chi connectivity index (χ1v) is 9.40. The Bertz CT molecular complexity index is 797. The average molecular weight is 355 g/mol. The summed E-state index contributed by atoms with van der Waals surface area (Å²) in [7, 11) is 0. The van der Waals surface area contributed by atoms with Gasteiger partial charge in [0.1, 0.15) is 17.9 Å². The van der Waals surface area contributed by atoms with Crippen molar-refractivity contribution in [1.29, 1.82) is 0 Å². The van der Waals surface area contributed by atoms with Crippen molar-refractivity contribution in [3.05, 3.63) is 34.6 Å². The molecular weight excluding hydrogens is 330 g/mol. The van der Waals surface area contributed by atoms with Crippen molar-refractivity contribution in [1.82, 2.24) is 20.4 Å². The molecule has 0 bridgehead atoms. The van der Waals surface area contributed by atoms with Crippen molar-refractivity contribution >= 4 is 11.7 Å². The van der Waals surface area contributed by atoms with Gasteiger partial charge < -0.3 is 14.7 Å². The predicted molar refractivity (Wildman–Crippen MR) is 97.1 cm³/mol. The van der Waals surface area contributed by atoms with E-state index in [1.54, 1.807) is 6.33 Å². The summed E-state index contributed by atoms with van der Waals surface area (Å²) >= 11 is 0. The summed E-state index contributed by atoms with van der Waals surface area (Å²) < 4.78 is 5.16. The second-order valence-corrected chi connectivity index (χ2v) is 7.28. The van der Waals surface area contributed by atoms with E-state index in [-0.39, 0.29) is 11.9 Å². The van der Waals surface area contributed by atoms with Gasteiger partial charge in [-0.15, -0.1) is 0 Å². The number of rotatable bonds is 5. The molecule has 138 valence electrons. The first-order chi connectivity index (χ1) is 12.6. The minimum atomic E-state index is 0.0877. The van der Waals surface area contributed by atoms with Crippen molar-refractivity contribution in [2.75, 3.05) is 18.0 Å². The van der Waals surface area contributed by atoms with Crippen molar-refractivity contribution in [2.24, 2.45) is 0 Å². The second-order valence-electron chi connectivity index (χ2n) is 7.28. The maximum atomic E-state index is 12.3. The number of nitrogens with one attached hydrogen (secondary N) is 1. The average Bonchev–Trinajstić information content (AvgIpc) is 3.34. The minimum absolute atomic E-state index is 0.0877. The first-order valence-electron chi connectivity index (χ1n) is 9.40. The predicted octanol–water partition coefficient (Wildman–Crippen LogP) is 1.90. The lowest BCUT2D eigenvalue weighted by Gasteiger charge is -2.20. The lowest BCUT2D eigenvalue weighted by Crippen LogP contribution is -2.37. The van der Waals surface area contributed by atoms with Crippen LogP contribution in [0.3, 0.4) is 0 Å². The van der Waals surface area contributed by atoms with Gasteiger partial charge in [0.25, 0.3) is 0 Å². The third kappa shape index (κ3) is 3.30. The Morgan fingerprint density at radius 3 is 3.04 bits per heavy atom.